The fourth-order valence-electron chi connectivity index (χ4n) is 4.15. The summed E-state index contributed by atoms with van der Waals surface area (Å²) in [4.78, 5) is 18.1. The highest BCUT2D eigenvalue weighted by Crippen LogP contribution is 2.27. The van der Waals surface area contributed by atoms with E-state index in [1.165, 1.54) is 18.4 Å². The van der Waals surface area contributed by atoms with Crippen molar-refractivity contribution in [3.8, 4) is 22.7 Å². The number of aromatic nitrogens is 2. The Morgan fingerprint density at radius 2 is 1.73 bits per heavy atom. The number of methoxy groups -OCH3 is 1. The molecule has 210 valence electrons. The summed E-state index contributed by atoms with van der Waals surface area (Å²) in [6.07, 6.45) is 3.24. The lowest BCUT2D eigenvalue weighted by Gasteiger charge is -2.21. The van der Waals surface area contributed by atoms with Crippen molar-refractivity contribution in [2.45, 2.75) is 18.4 Å². The van der Waals surface area contributed by atoms with Gasteiger partial charge in [-0.2, -0.15) is 4.31 Å². The first-order chi connectivity index (χ1) is 19.7. The van der Waals surface area contributed by atoms with E-state index in [1.807, 2.05) is 31.2 Å². The van der Waals surface area contributed by atoms with Gasteiger partial charge in [0.05, 0.1) is 37.1 Å². The Balaban J connectivity index is 1.46. The Hall–Kier alpha value is -4.38. The van der Waals surface area contributed by atoms with Gasteiger partial charge >= 0.3 is 0 Å². The topological polar surface area (TPSA) is 107 Å². The molecule has 0 spiro atoms. The number of benzene rings is 3. The molecule has 1 amide bonds. The molecule has 0 saturated carbocycles. The van der Waals surface area contributed by atoms with Gasteiger partial charge in [-0.1, -0.05) is 41.4 Å². The van der Waals surface area contributed by atoms with Crippen LogP contribution in [0.3, 0.4) is 0 Å². The highest BCUT2D eigenvalue weighted by Gasteiger charge is 2.28. The number of nitrogens with zero attached hydrogens (tertiary/aromatic N) is 3. The van der Waals surface area contributed by atoms with Crippen LogP contribution in [0, 0.1) is 6.92 Å². The second kappa shape index (κ2) is 12.0. The molecule has 0 aliphatic rings. The lowest BCUT2D eigenvalue weighted by molar-refractivity contribution is -0.116. The number of carbonyl (C=O) groups is 1. The normalized spacial score (nSPS) is 11.5. The number of ether oxygens (including phenoxy) is 1. The molecule has 9 nitrogen and oxygen atoms in total. The average molecular weight is 591 g/mol. The van der Waals surface area contributed by atoms with Gasteiger partial charge < -0.3 is 9.15 Å². The van der Waals surface area contributed by atoms with Gasteiger partial charge in [0.2, 0.25) is 21.9 Å². The van der Waals surface area contributed by atoms with Crippen LogP contribution in [0.25, 0.3) is 16.9 Å². The van der Waals surface area contributed by atoms with Gasteiger partial charge in [-0.15, -0.1) is 0 Å². The maximum atomic E-state index is 13.6. The minimum atomic E-state index is -4.03. The SMILES string of the molecule is COc1ccc(-n2cc(-c3ccc(Cl)cc3)nc2NC(=O)CN(Cc2ccco2)S(=O)(=O)c2ccc(C)cc2)cc1. The molecule has 0 bridgehead atoms. The Morgan fingerprint density at radius 1 is 1.02 bits per heavy atom. The third-order valence-corrected chi connectivity index (χ3v) is 8.40. The number of nitrogens with one attached hydrogen (secondary N) is 1. The highest BCUT2D eigenvalue weighted by atomic mass is 35.5. The molecule has 0 aliphatic carbocycles. The number of carbonyl (C=O) groups excluding carboxylic acids is 1. The molecule has 2 aromatic heterocycles. The average Bonchev–Trinajstić information content (AvgIpc) is 3.64. The second-order valence-corrected chi connectivity index (χ2v) is 11.6. The van der Waals surface area contributed by atoms with Crippen LogP contribution in [-0.4, -0.2) is 41.8 Å². The number of halogens is 1. The zero-order chi connectivity index (χ0) is 29.0. The Morgan fingerprint density at radius 3 is 2.37 bits per heavy atom. The van der Waals surface area contributed by atoms with E-state index in [4.69, 9.17) is 20.8 Å². The lowest BCUT2D eigenvalue weighted by atomic mass is 10.2. The first kappa shape index (κ1) is 28.2. The van der Waals surface area contributed by atoms with Crippen molar-refractivity contribution in [3.05, 3.63) is 114 Å². The number of aryl methyl sites for hydroxylation is 1. The third-order valence-electron chi connectivity index (χ3n) is 6.34. The number of imidazole rings is 1. The predicted octanol–water partition coefficient (Wildman–Crippen LogP) is 5.93. The molecule has 0 saturated heterocycles. The summed E-state index contributed by atoms with van der Waals surface area (Å²) >= 11 is 6.06. The number of hydrogen-bond acceptors (Lipinski definition) is 6. The summed E-state index contributed by atoms with van der Waals surface area (Å²) < 4.78 is 40.6. The summed E-state index contributed by atoms with van der Waals surface area (Å²) in [5, 5.41) is 3.39. The van der Waals surface area contributed by atoms with Crippen LogP contribution in [0.4, 0.5) is 5.95 Å². The lowest BCUT2D eigenvalue weighted by Crippen LogP contribution is -2.37. The summed E-state index contributed by atoms with van der Waals surface area (Å²) in [5.74, 6) is 0.719. The largest absolute Gasteiger partial charge is 0.497 e. The van der Waals surface area contributed by atoms with Crippen LogP contribution >= 0.6 is 11.6 Å². The summed E-state index contributed by atoms with van der Waals surface area (Å²) in [5.41, 5.74) is 3.01. The molecule has 3 aromatic carbocycles. The number of rotatable bonds is 10. The minimum absolute atomic E-state index is 0.0761. The molecule has 41 heavy (non-hydrogen) atoms. The van der Waals surface area contributed by atoms with Crippen LogP contribution in [0.5, 0.6) is 5.75 Å². The van der Waals surface area contributed by atoms with Crippen molar-refractivity contribution < 1.29 is 22.4 Å². The summed E-state index contributed by atoms with van der Waals surface area (Å²) in [7, 11) is -2.46. The van der Waals surface area contributed by atoms with E-state index in [2.05, 4.69) is 10.3 Å². The van der Waals surface area contributed by atoms with Gasteiger partial charge in [0, 0.05) is 22.5 Å². The molecule has 0 radical (unpaired) electrons. The molecule has 5 aromatic rings. The van der Waals surface area contributed by atoms with Gasteiger partial charge in [-0.3, -0.25) is 14.7 Å². The van der Waals surface area contributed by atoms with Crippen molar-refractivity contribution in [1.29, 1.82) is 0 Å². The molecule has 0 fully saturated rings. The van der Waals surface area contributed by atoms with E-state index >= 15 is 0 Å². The quantitative estimate of drug-likeness (QED) is 0.216. The van der Waals surface area contributed by atoms with Crippen molar-refractivity contribution >= 4 is 33.5 Å². The maximum Gasteiger partial charge on any atom is 0.243 e. The molecule has 0 atom stereocenters. The Bertz CT molecular complexity index is 1730. The Labute approximate surface area is 243 Å². The summed E-state index contributed by atoms with van der Waals surface area (Å²) in [6.45, 7) is 1.27. The molecule has 0 unspecified atom stereocenters. The Kier molecular flexibility index (Phi) is 8.25. The van der Waals surface area contributed by atoms with Crippen molar-refractivity contribution in [1.82, 2.24) is 13.9 Å². The molecule has 2 heterocycles. The number of amides is 1. The molecule has 11 heteroatoms. The first-order valence-corrected chi connectivity index (χ1v) is 14.4. The van der Waals surface area contributed by atoms with Crippen molar-refractivity contribution in [2.75, 3.05) is 19.0 Å². The molecule has 0 aliphatic heterocycles. The standard InChI is InChI=1S/C30H27ClN4O5S/c1-21-5-15-27(16-6-21)41(37,38)34(18-26-4-3-17-40-26)20-29(36)33-30-32-28(22-7-9-23(31)10-8-22)19-35(30)24-11-13-25(39-2)14-12-24/h3-17,19H,18,20H2,1-2H3,(H,32,33,36). The molecular weight excluding hydrogens is 564 g/mol. The second-order valence-electron chi connectivity index (χ2n) is 9.24. The fraction of sp³-hybridized carbons (Fsp3) is 0.133. The molecule has 5 rings (SSSR count). The van der Waals surface area contributed by atoms with Gasteiger partial charge in [0.15, 0.2) is 0 Å². The summed E-state index contributed by atoms with van der Waals surface area (Å²) in [6, 6.07) is 24.2. The van der Waals surface area contributed by atoms with Crippen LogP contribution in [-0.2, 0) is 21.4 Å². The van der Waals surface area contributed by atoms with E-state index in [0.717, 1.165) is 15.4 Å². The number of hydrogen-bond donors (Lipinski definition) is 1. The van der Waals surface area contributed by atoms with E-state index in [-0.39, 0.29) is 17.4 Å². The maximum absolute atomic E-state index is 13.6. The van der Waals surface area contributed by atoms with Crippen molar-refractivity contribution in [2.24, 2.45) is 0 Å². The minimum Gasteiger partial charge on any atom is -0.497 e. The van der Waals surface area contributed by atoms with Crippen LogP contribution in [0.15, 0.2) is 107 Å². The molecular formula is C30H27ClN4O5S. The van der Waals surface area contributed by atoms with E-state index in [9.17, 15) is 13.2 Å². The number of anilines is 1. The van der Waals surface area contributed by atoms with Gasteiger partial charge in [0.25, 0.3) is 0 Å². The fourth-order valence-corrected chi connectivity index (χ4v) is 5.64. The van der Waals surface area contributed by atoms with E-state index in [0.29, 0.717) is 27.9 Å². The monoisotopic (exact) mass is 590 g/mol. The zero-order valence-electron chi connectivity index (χ0n) is 22.3. The van der Waals surface area contributed by atoms with E-state index < -0.39 is 22.5 Å². The van der Waals surface area contributed by atoms with Crippen LogP contribution in [0.2, 0.25) is 5.02 Å². The van der Waals surface area contributed by atoms with Crippen LogP contribution in [0.1, 0.15) is 11.3 Å². The van der Waals surface area contributed by atoms with Gasteiger partial charge in [0.1, 0.15) is 11.5 Å². The highest BCUT2D eigenvalue weighted by molar-refractivity contribution is 7.89. The zero-order valence-corrected chi connectivity index (χ0v) is 23.9. The third kappa shape index (κ3) is 6.51. The first-order valence-electron chi connectivity index (χ1n) is 12.6. The number of sulfonamides is 1. The van der Waals surface area contributed by atoms with Gasteiger partial charge in [-0.05, 0) is 67.6 Å². The smallest absolute Gasteiger partial charge is 0.243 e. The predicted molar refractivity (Wildman–Crippen MR) is 157 cm³/mol. The van der Waals surface area contributed by atoms with Crippen LogP contribution < -0.4 is 10.1 Å². The van der Waals surface area contributed by atoms with E-state index in [1.54, 1.807) is 66.4 Å². The molecule has 1 N–H and O–H groups in total. The van der Waals surface area contributed by atoms with Gasteiger partial charge in [-0.25, -0.2) is 13.4 Å². The van der Waals surface area contributed by atoms with Crippen molar-refractivity contribution in [3.63, 3.8) is 0 Å². The number of furan rings is 1.